The molecule has 0 unspecified atom stereocenters. The number of carbonyl (C=O) groups is 2. The van der Waals surface area contributed by atoms with Gasteiger partial charge in [0, 0.05) is 29.4 Å². The summed E-state index contributed by atoms with van der Waals surface area (Å²) in [6.45, 7) is 0. The molecule has 1 saturated heterocycles. The van der Waals surface area contributed by atoms with E-state index < -0.39 is 41.3 Å². The minimum atomic E-state index is -1.51. The monoisotopic (exact) mass is 539 g/mol. The molecule has 2 atom stereocenters. The Morgan fingerprint density at radius 2 is 2.05 bits per heavy atom. The molecule has 2 N–H and O–H groups in total. The third-order valence-corrected chi connectivity index (χ3v) is 6.86. The van der Waals surface area contributed by atoms with Crippen LogP contribution in [0.2, 0.25) is 5.02 Å². The van der Waals surface area contributed by atoms with Crippen LogP contribution in [-0.2, 0) is 4.79 Å². The van der Waals surface area contributed by atoms with Crippen LogP contribution in [0.1, 0.15) is 48.6 Å². The highest BCUT2D eigenvalue weighted by molar-refractivity contribution is 6.31. The maximum atomic E-state index is 15.3. The Kier molecular flexibility index (Phi) is 5.43. The maximum Gasteiger partial charge on any atom is 0.357 e. The Morgan fingerprint density at radius 1 is 1.21 bits per heavy atom. The lowest BCUT2D eigenvalue weighted by molar-refractivity contribution is -0.129. The van der Waals surface area contributed by atoms with E-state index in [0.29, 0.717) is 12.2 Å². The summed E-state index contributed by atoms with van der Waals surface area (Å²) in [5.41, 5.74) is -0.00742. The van der Waals surface area contributed by atoms with Crippen LogP contribution < -0.4 is 0 Å². The number of fused-ring (bicyclic) bond motifs is 1. The van der Waals surface area contributed by atoms with Crippen molar-refractivity contribution in [1.82, 2.24) is 40.1 Å². The standard InChI is InChI=1S/C24H17ClF2N8O3/c25-14-2-4-16(34-10-30-32-33-34)19(21(14)27)11-7-12-1-3-17(35(12)18(36)8-11)23-29-9-15(31-23)13-5-6-28-22(20(13)26)24(37)38/h2,4-6,8-10,12,17H,1,3,7H2,(H,29,31)(H,37,38)/t12-,17+/m1/s1/i12D. The van der Waals surface area contributed by atoms with E-state index in [0.717, 1.165) is 0 Å². The van der Waals surface area contributed by atoms with Gasteiger partial charge in [-0.15, -0.1) is 5.10 Å². The fourth-order valence-electron chi connectivity index (χ4n) is 4.92. The van der Waals surface area contributed by atoms with Gasteiger partial charge >= 0.3 is 5.97 Å². The number of carboxylic acid groups (broad SMARTS) is 1. The number of halogens is 3. The van der Waals surface area contributed by atoms with Gasteiger partial charge in [0.15, 0.2) is 17.3 Å². The van der Waals surface area contributed by atoms with Crippen molar-refractivity contribution in [1.29, 1.82) is 0 Å². The average molecular weight is 540 g/mol. The molecule has 6 rings (SSSR count). The highest BCUT2D eigenvalue weighted by Crippen LogP contribution is 2.44. The minimum Gasteiger partial charge on any atom is -0.476 e. The third-order valence-electron chi connectivity index (χ3n) is 6.57. The molecule has 4 aromatic rings. The lowest BCUT2D eigenvalue weighted by atomic mass is 9.92. The second-order valence-corrected chi connectivity index (χ2v) is 9.10. The normalized spacial score (nSPS) is 21.3. The first-order valence-electron chi connectivity index (χ1n) is 11.9. The summed E-state index contributed by atoms with van der Waals surface area (Å²) in [6, 6.07) is 2.13. The van der Waals surface area contributed by atoms with E-state index in [4.69, 9.17) is 18.1 Å². The summed E-state index contributed by atoms with van der Waals surface area (Å²) in [6.07, 6.45) is 5.66. The van der Waals surface area contributed by atoms with Crippen LogP contribution >= 0.6 is 11.6 Å². The SMILES string of the molecule is [2H][C@]12CC[C@@H](c3ncc(-c4ccnc(C(=O)O)c4F)[nH]3)N1C(=O)C=C(c1c(-n3cnnn3)ccc(Cl)c1F)C2. The Balaban J connectivity index is 1.36. The summed E-state index contributed by atoms with van der Waals surface area (Å²) < 4.78 is 40.5. The number of H-pyrrole nitrogens is 1. The van der Waals surface area contributed by atoms with Crippen LogP contribution in [0.4, 0.5) is 8.78 Å². The second-order valence-electron chi connectivity index (χ2n) is 8.69. The molecule has 0 bridgehead atoms. The Morgan fingerprint density at radius 3 is 2.82 bits per heavy atom. The number of amides is 1. The number of carboxylic acids is 1. The number of hydrogen-bond acceptors (Lipinski definition) is 7. The first-order chi connectivity index (χ1) is 18.7. The molecule has 3 aromatic heterocycles. The molecule has 14 heteroatoms. The highest BCUT2D eigenvalue weighted by Gasteiger charge is 2.42. The Bertz CT molecular complexity index is 1680. The Labute approximate surface area is 219 Å². The summed E-state index contributed by atoms with van der Waals surface area (Å²) in [7, 11) is 0. The Hall–Kier alpha value is -4.52. The van der Waals surface area contributed by atoms with Crippen molar-refractivity contribution < 1.29 is 24.8 Å². The van der Waals surface area contributed by atoms with Crippen LogP contribution in [0.3, 0.4) is 0 Å². The van der Waals surface area contributed by atoms with Gasteiger partial charge in [0.05, 0.1) is 30.0 Å². The van der Waals surface area contributed by atoms with Crippen molar-refractivity contribution in [3.63, 3.8) is 0 Å². The number of nitrogens with zero attached hydrogens (tertiary/aromatic N) is 7. The van der Waals surface area contributed by atoms with Crippen LogP contribution in [-0.4, -0.2) is 63.1 Å². The molecular weight excluding hydrogens is 522 g/mol. The van der Waals surface area contributed by atoms with Gasteiger partial charge < -0.3 is 15.0 Å². The first-order valence-corrected chi connectivity index (χ1v) is 11.7. The second kappa shape index (κ2) is 9.10. The van der Waals surface area contributed by atoms with Crippen molar-refractivity contribution in [2.24, 2.45) is 0 Å². The van der Waals surface area contributed by atoms with E-state index in [-0.39, 0.29) is 45.9 Å². The number of aromatic amines is 1. The van der Waals surface area contributed by atoms with Gasteiger partial charge in [-0.2, -0.15) is 4.68 Å². The molecule has 0 radical (unpaired) electrons. The number of tetrazole rings is 1. The molecule has 0 aliphatic carbocycles. The van der Waals surface area contributed by atoms with Gasteiger partial charge in [0.25, 0.3) is 0 Å². The molecule has 0 spiro atoms. The van der Waals surface area contributed by atoms with Gasteiger partial charge in [-0.05, 0) is 53.5 Å². The molecule has 1 aromatic carbocycles. The number of imidazole rings is 1. The largest absolute Gasteiger partial charge is 0.476 e. The lowest BCUT2D eigenvalue weighted by Gasteiger charge is -2.33. The van der Waals surface area contributed by atoms with Gasteiger partial charge in [0.2, 0.25) is 5.91 Å². The fraction of sp³-hybridized carbons (Fsp3) is 0.208. The van der Waals surface area contributed by atoms with Gasteiger partial charge in [-0.25, -0.2) is 23.5 Å². The quantitative estimate of drug-likeness (QED) is 0.391. The topological polar surface area (TPSA) is 143 Å². The number of hydrogen-bond donors (Lipinski definition) is 2. The molecule has 2 aliphatic heterocycles. The fourth-order valence-corrected chi connectivity index (χ4v) is 5.07. The van der Waals surface area contributed by atoms with E-state index in [1.807, 2.05) is 0 Å². The summed E-state index contributed by atoms with van der Waals surface area (Å²) in [5, 5.41) is 20.0. The van der Waals surface area contributed by atoms with E-state index in [9.17, 15) is 14.0 Å². The molecule has 38 heavy (non-hydrogen) atoms. The molecule has 2 aliphatic rings. The number of carbonyl (C=O) groups excluding carboxylic acids is 1. The average Bonchev–Trinajstić information content (AvgIpc) is 3.65. The molecule has 0 saturated carbocycles. The van der Waals surface area contributed by atoms with Crippen molar-refractivity contribution in [3.8, 4) is 16.9 Å². The van der Waals surface area contributed by atoms with Crippen molar-refractivity contribution in [3.05, 3.63) is 76.7 Å². The van der Waals surface area contributed by atoms with Crippen molar-refractivity contribution in [2.75, 3.05) is 0 Å². The van der Waals surface area contributed by atoms with Crippen LogP contribution in [0, 0.1) is 11.6 Å². The number of aromatic nitrogens is 7. The number of nitrogens with one attached hydrogen (secondary N) is 1. The van der Waals surface area contributed by atoms with E-state index in [2.05, 4.69) is 30.5 Å². The summed E-state index contributed by atoms with van der Waals surface area (Å²) in [5.74, 6) is -3.52. The highest BCUT2D eigenvalue weighted by atomic mass is 35.5. The van der Waals surface area contributed by atoms with Crippen molar-refractivity contribution in [2.45, 2.75) is 31.3 Å². The molecule has 11 nitrogen and oxygen atoms in total. The van der Waals surface area contributed by atoms with Gasteiger partial charge in [0.1, 0.15) is 12.2 Å². The van der Waals surface area contributed by atoms with Crippen molar-refractivity contribution >= 4 is 29.1 Å². The van der Waals surface area contributed by atoms with E-state index in [1.165, 1.54) is 52.6 Å². The summed E-state index contributed by atoms with van der Waals surface area (Å²) >= 11 is 6.06. The molecule has 192 valence electrons. The summed E-state index contributed by atoms with van der Waals surface area (Å²) in [4.78, 5) is 36.9. The maximum absolute atomic E-state index is 15.3. The molecule has 1 fully saturated rings. The van der Waals surface area contributed by atoms with Crippen LogP contribution in [0.5, 0.6) is 0 Å². The number of pyridine rings is 1. The first kappa shape index (κ1) is 22.7. The van der Waals surface area contributed by atoms with E-state index >= 15 is 4.39 Å². The zero-order valence-electron chi connectivity index (χ0n) is 20.3. The smallest absolute Gasteiger partial charge is 0.357 e. The third kappa shape index (κ3) is 3.82. The number of rotatable bonds is 5. The predicted octanol–water partition coefficient (Wildman–Crippen LogP) is 3.60. The minimum absolute atomic E-state index is 0.00382. The molecule has 5 heterocycles. The predicted molar refractivity (Wildman–Crippen MR) is 128 cm³/mol. The van der Waals surface area contributed by atoms with Crippen LogP contribution in [0.15, 0.2) is 43.0 Å². The van der Waals surface area contributed by atoms with Crippen LogP contribution in [0.25, 0.3) is 22.5 Å². The van der Waals surface area contributed by atoms with E-state index in [1.54, 1.807) is 0 Å². The van der Waals surface area contributed by atoms with Gasteiger partial charge in [-0.1, -0.05) is 11.6 Å². The zero-order chi connectivity index (χ0) is 27.5. The molecular formula is C24H17ClF2N8O3. The number of benzene rings is 1. The van der Waals surface area contributed by atoms with Gasteiger partial charge in [-0.3, -0.25) is 4.79 Å². The molecule has 1 amide bonds. The number of aromatic carboxylic acids is 1. The lowest BCUT2D eigenvalue weighted by Crippen LogP contribution is -2.39. The zero-order valence-corrected chi connectivity index (χ0v) is 20.0.